The van der Waals surface area contributed by atoms with Crippen molar-refractivity contribution in [2.24, 2.45) is 0 Å². The van der Waals surface area contributed by atoms with Crippen molar-refractivity contribution in [1.82, 2.24) is 4.90 Å². The van der Waals surface area contributed by atoms with Gasteiger partial charge in [-0.1, -0.05) is 0 Å². The minimum absolute atomic E-state index is 0.110. The van der Waals surface area contributed by atoms with Crippen molar-refractivity contribution in [2.75, 3.05) is 39.5 Å². The Kier molecular flexibility index (Phi) is 7.93. The summed E-state index contributed by atoms with van der Waals surface area (Å²) in [5.74, 6) is 0. The third-order valence-electron chi connectivity index (χ3n) is 4.14. The molecular formula is C18H33NO6. The Balaban J connectivity index is 1.33. The number of aliphatic hydroxyl groups is 1. The first-order valence-electron chi connectivity index (χ1n) is 9.30. The van der Waals surface area contributed by atoms with Crippen LogP contribution in [0.5, 0.6) is 0 Å². The van der Waals surface area contributed by atoms with E-state index in [0.717, 1.165) is 25.7 Å². The van der Waals surface area contributed by atoms with E-state index in [2.05, 4.69) is 0 Å². The molecule has 0 radical (unpaired) electrons. The highest BCUT2D eigenvalue weighted by Crippen LogP contribution is 2.22. The SMILES string of the molecule is CC(C)(C)OC(=O)N1CC(OCCCOCCCOC2CC(O)C2)C1. The zero-order chi connectivity index (χ0) is 18.3. The third-order valence-corrected chi connectivity index (χ3v) is 4.14. The van der Waals surface area contributed by atoms with Gasteiger partial charge >= 0.3 is 6.09 Å². The lowest BCUT2D eigenvalue weighted by molar-refractivity contribution is -0.0761. The largest absolute Gasteiger partial charge is 0.444 e. The highest BCUT2D eigenvalue weighted by atomic mass is 16.6. The van der Waals surface area contributed by atoms with Gasteiger partial charge in [-0.15, -0.1) is 0 Å². The molecule has 7 nitrogen and oxygen atoms in total. The predicted molar refractivity (Wildman–Crippen MR) is 92.6 cm³/mol. The van der Waals surface area contributed by atoms with Crippen molar-refractivity contribution in [3.05, 3.63) is 0 Å². The molecule has 1 saturated heterocycles. The first-order valence-corrected chi connectivity index (χ1v) is 9.30. The van der Waals surface area contributed by atoms with Crippen LogP contribution in [0.4, 0.5) is 4.79 Å². The van der Waals surface area contributed by atoms with Gasteiger partial charge in [0.05, 0.1) is 31.4 Å². The number of aliphatic hydroxyl groups excluding tert-OH is 1. The Morgan fingerprint density at radius 3 is 2.08 bits per heavy atom. The van der Waals surface area contributed by atoms with Gasteiger partial charge in [0.2, 0.25) is 0 Å². The molecule has 0 aromatic heterocycles. The molecular weight excluding hydrogens is 326 g/mol. The summed E-state index contributed by atoms with van der Waals surface area (Å²) < 4.78 is 22.1. The van der Waals surface area contributed by atoms with Gasteiger partial charge in [-0.2, -0.15) is 0 Å². The van der Waals surface area contributed by atoms with Crippen LogP contribution >= 0.6 is 0 Å². The number of hydrogen-bond acceptors (Lipinski definition) is 6. The van der Waals surface area contributed by atoms with Crippen molar-refractivity contribution in [1.29, 1.82) is 0 Å². The molecule has 7 heteroatoms. The van der Waals surface area contributed by atoms with E-state index in [9.17, 15) is 4.79 Å². The fourth-order valence-electron chi connectivity index (χ4n) is 2.62. The van der Waals surface area contributed by atoms with Crippen LogP contribution in [-0.4, -0.2) is 79.5 Å². The molecule has 1 saturated carbocycles. The molecule has 0 spiro atoms. The van der Waals surface area contributed by atoms with E-state index in [1.165, 1.54) is 0 Å². The Morgan fingerprint density at radius 1 is 1.00 bits per heavy atom. The van der Waals surface area contributed by atoms with Crippen LogP contribution in [0.15, 0.2) is 0 Å². The Hall–Kier alpha value is -0.890. The van der Waals surface area contributed by atoms with Gasteiger partial charge in [-0.05, 0) is 46.5 Å². The zero-order valence-corrected chi connectivity index (χ0v) is 15.7. The fourth-order valence-corrected chi connectivity index (χ4v) is 2.62. The molecule has 1 heterocycles. The van der Waals surface area contributed by atoms with E-state index in [-0.39, 0.29) is 24.4 Å². The van der Waals surface area contributed by atoms with E-state index in [0.29, 0.717) is 39.5 Å². The standard InChI is InChI=1S/C18H33NO6/c1-18(2,3)25-17(21)19-12-16(13-19)24-9-5-7-22-6-4-8-23-15-10-14(20)11-15/h14-16,20H,4-13H2,1-3H3. The lowest BCUT2D eigenvalue weighted by atomic mass is 9.92. The van der Waals surface area contributed by atoms with Crippen LogP contribution in [0.25, 0.3) is 0 Å². The summed E-state index contributed by atoms with van der Waals surface area (Å²) in [6.07, 6.45) is 3.18. The van der Waals surface area contributed by atoms with E-state index in [1.54, 1.807) is 4.90 Å². The molecule has 0 unspecified atom stereocenters. The number of carbonyl (C=O) groups is 1. The van der Waals surface area contributed by atoms with Crippen LogP contribution in [0.3, 0.4) is 0 Å². The molecule has 0 atom stereocenters. The molecule has 1 aliphatic carbocycles. The summed E-state index contributed by atoms with van der Waals surface area (Å²) in [7, 11) is 0. The minimum Gasteiger partial charge on any atom is -0.444 e. The maximum absolute atomic E-state index is 11.8. The maximum Gasteiger partial charge on any atom is 0.410 e. The van der Waals surface area contributed by atoms with E-state index in [1.807, 2.05) is 20.8 Å². The summed E-state index contributed by atoms with van der Waals surface area (Å²) in [5.41, 5.74) is -0.454. The van der Waals surface area contributed by atoms with Crippen LogP contribution in [0, 0.1) is 0 Å². The quantitative estimate of drug-likeness (QED) is 0.601. The van der Waals surface area contributed by atoms with Crippen molar-refractivity contribution in [3.8, 4) is 0 Å². The molecule has 0 aromatic rings. The molecule has 146 valence electrons. The number of likely N-dealkylation sites (tertiary alicyclic amines) is 1. The van der Waals surface area contributed by atoms with E-state index < -0.39 is 5.60 Å². The average Bonchev–Trinajstić information content (AvgIpc) is 2.42. The van der Waals surface area contributed by atoms with Gasteiger partial charge in [-0.25, -0.2) is 4.79 Å². The summed E-state index contributed by atoms with van der Waals surface area (Å²) in [6, 6.07) is 0. The molecule has 0 aromatic carbocycles. The third kappa shape index (κ3) is 7.90. The molecule has 1 amide bonds. The van der Waals surface area contributed by atoms with Crippen molar-refractivity contribution in [2.45, 2.75) is 70.4 Å². The highest BCUT2D eigenvalue weighted by molar-refractivity contribution is 5.69. The second-order valence-corrected chi connectivity index (χ2v) is 7.82. The average molecular weight is 359 g/mol. The lowest BCUT2D eigenvalue weighted by Gasteiger charge is -2.39. The summed E-state index contributed by atoms with van der Waals surface area (Å²) in [5, 5.41) is 9.15. The smallest absolute Gasteiger partial charge is 0.410 e. The van der Waals surface area contributed by atoms with Crippen molar-refractivity contribution in [3.63, 3.8) is 0 Å². The minimum atomic E-state index is -0.454. The van der Waals surface area contributed by atoms with Crippen LogP contribution in [0.2, 0.25) is 0 Å². The number of ether oxygens (including phenoxy) is 4. The number of nitrogens with zero attached hydrogens (tertiary/aromatic N) is 1. The summed E-state index contributed by atoms with van der Waals surface area (Å²) in [4.78, 5) is 13.4. The maximum atomic E-state index is 11.8. The molecule has 1 aliphatic heterocycles. The summed E-state index contributed by atoms with van der Waals surface area (Å²) in [6.45, 7) is 9.48. The molecule has 2 aliphatic rings. The molecule has 25 heavy (non-hydrogen) atoms. The second-order valence-electron chi connectivity index (χ2n) is 7.82. The second kappa shape index (κ2) is 9.71. The number of hydrogen-bond donors (Lipinski definition) is 1. The summed E-state index contributed by atoms with van der Waals surface area (Å²) >= 11 is 0. The fraction of sp³-hybridized carbons (Fsp3) is 0.944. The Morgan fingerprint density at radius 2 is 1.56 bits per heavy atom. The molecule has 2 fully saturated rings. The van der Waals surface area contributed by atoms with Crippen LogP contribution < -0.4 is 0 Å². The lowest BCUT2D eigenvalue weighted by Crippen LogP contribution is -2.56. The number of amides is 1. The van der Waals surface area contributed by atoms with Crippen molar-refractivity contribution >= 4 is 6.09 Å². The number of rotatable bonds is 10. The van der Waals surface area contributed by atoms with E-state index in [4.69, 9.17) is 24.1 Å². The molecule has 2 rings (SSSR count). The first kappa shape index (κ1) is 20.4. The zero-order valence-electron chi connectivity index (χ0n) is 15.7. The topological polar surface area (TPSA) is 77.5 Å². The van der Waals surface area contributed by atoms with Crippen molar-refractivity contribution < 1.29 is 28.8 Å². The van der Waals surface area contributed by atoms with Crippen LogP contribution in [0.1, 0.15) is 46.5 Å². The molecule has 0 bridgehead atoms. The van der Waals surface area contributed by atoms with Gasteiger partial charge in [0.1, 0.15) is 5.60 Å². The van der Waals surface area contributed by atoms with Gasteiger partial charge in [0.15, 0.2) is 0 Å². The Labute approximate surface area is 150 Å². The van der Waals surface area contributed by atoms with Gasteiger partial charge in [0.25, 0.3) is 0 Å². The number of carbonyl (C=O) groups excluding carboxylic acids is 1. The van der Waals surface area contributed by atoms with Gasteiger partial charge < -0.3 is 29.0 Å². The predicted octanol–water partition coefficient (Wildman–Crippen LogP) is 1.96. The first-order chi connectivity index (χ1) is 11.8. The monoisotopic (exact) mass is 359 g/mol. The Bertz CT molecular complexity index is 399. The van der Waals surface area contributed by atoms with Crippen LogP contribution in [-0.2, 0) is 18.9 Å². The van der Waals surface area contributed by atoms with Gasteiger partial charge in [-0.3, -0.25) is 0 Å². The van der Waals surface area contributed by atoms with E-state index >= 15 is 0 Å². The highest BCUT2D eigenvalue weighted by Gasteiger charge is 2.34. The normalized spacial score (nSPS) is 23.9. The van der Waals surface area contributed by atoms with Gasteiger partial charge in [0, 0.05) is 26.4 Å². The molecule has 1 N–H and O–H groups in total.